The van der Waals surface area contributed by atoms with Crippen molar-refractivity contribution >= 4 is 33.2 Å². The molecule has 0 atom stereocenters. The van der Waals surface area contributed by atoms with Gasteiger partial charge in [-0.3, -0.25) is 0 Å². The topological polar surface area (TPSA) is 86.2 Å². The second-order valence-electron chi connectivity index (χ2n) is 4.88. The van der Waals surface area contributed by atoms with Gasteiger partial charge < -0.3 is 8.83 Å². The summed E-state index contributed by atoms with van der Waals surface area (Å²) in [5.74, 6) is 1.29. The average Bonchev–Trinajstić information content (AvgIpc) is 3.16. The van der Waals surface area contributed by atoms with Crippen molar-refractivity contribution in [2.45, 2.75) is 17.0 Å². The maximum Gasteiger partial charge on any atom is 0.276 e. The summed E-state index contributed by atoms with van der Waals surface area (Å²) in [4.78, 5) is 0.243. The highest BCUT2D eigenvalue weighted by Crippen LogP contribution is 2.26. The number of rotatable bonds is 6. The normalized spacial score (nSPS) is 11.8. The van der Waals surface area contributed by atoms with Crippen molar-refractivity contribution in [1.29, 1.82) is 0 Å². The molecule has 0 bridgehead atoms. The van der Waals surface area contributed by atoms with Crippen molar-refractivity contribution in [2.75, 3.05) is 11.5 Å². The number of thioether (sulfide) groups is 1. The SMILES string of the molecule is Cc1occc1-c1nnc(SCCS(=O)(=O)c2ccc(Cl)cc2)o1. The fourth-order valence-electron chi connectivity index (χ4n) is 1.98. The lowest BCUT2D eigenvalue weighted by Crippen LogP contribution is -2.08. The van der Waals surface area contributed by atoms with E-state index in [-0.39, 0.29) is 10.6 Å². The molecule has 2 aromatic heterocycles. The summed E-state index contributed by atoms with van der Waals surface area (Å²) in [6.45, 7) is 1.80. The summed E-state index contributed by atoms with van der Waals surface area (Å²) in [6, 6.07) is 7.84. The van der Waals surface area contributed by atoms with Crippen molar-refractivity contribution in [1.82, 2.24) is 10.2 Å². The largest absolute Gasteiger partial charge is 0.469 e. The molecular weight excluding hydrogens is 372 g/mol. The molecule has 2 heterocycles. The van der Waals surface area contributed by atoms with E-state index >= 15 is 0 Å². The van der Waals surface area contributed by atoms with Gasteiger partial charge in [0.25, 0.3) is 11.1 Å². The van der Waals surface area contributed by atoms with E-state index in [1.54, 1.807) is 31.4 Å². The Kier molecular flexibility index (Phi) is 4.98. The third-order valence-corrected chi connectivity index (χ3v) is 6.31. The number of aromatic nitrogens is 2. The quantitative estimate of drug-likeness (QED) is 0.596. The standard InChI is InChI=1S/C15H13ClN2O4S2/c1-10-13(6-7-21-10)14-17-18-15(22-14)23-8-9-24(19,20)12-4-2-11(16)3-5-12/h2-7H,8-9H2,1H3. The molecule has 0 saturated carbocycles. The molecule has 0 aliphatic heterocycles. The Morgan fingerprint density at radius 2 is 1.92 bits per heavy atom. The molecule has 6 nitrogen and oxygen atoms in total. The fourth-order valence-corrected chi connectivity index (χ4v) is 4.52. The molecule has 1 aromatic carbocycles. The fraction of sp³-hybridized carbons (Fsp3) is 0.200. The predicted molar refractivity (Wildman–Crippen MR) is 91.0 cm³/mol. The number of nitrogens with zero attached hydrogens (tertiary/aromatic N) is 2. The number of sulfone groups is 1. The first-order valence-corrected chi connectivity index (χ1v) is 9.96. The molecule has 24 heavy (non-hydrogen) atoms. The van der Waals surface area contributed by atoms with E-state index in [0.29, 0.717) is 27.6 Å². The molecule has 0 radical (unpaired) electrons. The Morgan fingerprint density at radius 3 is 2.58 bits per heavy atom. The summed E-state index contributed by atoms with van der Waals surface area (Å²) in [5, 5.41) is 8.66. The summed E-state index contributed by atoms with van der Waals surface area (Å²) in [6.07, 6.45) is 1.54. The molecule has 0 saturated heterocycles. The Labute approximate surface area is 148 Å². The molecule has 9 heteroatoms. The molecule has 0 unspecified atom stereocenters. The van der Waals surface area contributed by atoms with Gasteiger partial charge in [0.15, 0.2) is 9.84 Å². The van der Waals surface area contributed by atoms with Gasteiger partial charge in [0.05, 0.1) is 22.5 Å². The van der Waals surface area contributed by atoms with E-state index in [1.807, 2.05) is 0 Å². The number of hydrogen-bond acceptors (Lipinski definition) is 7. The predicted octanol–water partition coefficient (Wildman–Crippen LogP) is 3.86. The van der Waals surface area contributed by atoms with E-state index in [0.717, 1.165) is 5.56 Å². The van der Waals surface area contributed by atoms with Crippen molar-refractivity contribution < 1.29 is 17.3 Å². The van der Waals surface area contributed by atoms with Crippen molar-refractivity contribution in [3.05, 3.63) is 47.4 Å². The van der Waals surface area contributed by atoms with Crippen LogP contribution < -0.4 is 0 Å². The first-order chi connectivity index (χ1) is 11.5. The monoisotopic (exact) mass is 384 g/mol. The molecule has 3 rings (SSSR count). The molecule has 126 valence electrons. The van der Waals surface area contributed by atoms with Crippen LogP contribution in [-0.4, -0.2) is 30.1 Å². The maximum absolute atomic E-state index is 12.2. The molecule has 3 aromatic rings. The summed E-state index contributed by atoms with van der Waals surface area (Å²) in [7, 11) is -3.37. The van der Waals surface area contributed by atoms with E-state index < -0.39 is 9.84 Å². The van der Waals surface area contributed by atoms with Crippen molar-refractivity contribution in [3.8, 4) is 11.5 Å². The number of aryl methyl sites for hydroxylation is 1. The molecule has 0 fully saturated rings. The van der Waals surface area contributed by atoms with E-state index in [2.05, 4.69) is 10.2 Å². The molecule has 0 amide bonds. The number of benzene rings is 1. The third kappa shape index (κ3) is 3.82. The summed E-state index contributed by atoms with van der Waals surface area (Å²) >= 11 is 6.96. The zero-order valence-electron chi connectivity index (χ0n) is 12.6. The van der Waals surface area contributed by atoms with Gasteiger partial charge in [-0.05, 0) is 37.3 Å². The third-order valence-electron chi connectivity index (χ3n) is 3.25. The van der Waals surface area contributed by atoms with Crippen LogP contribution >= 0.6 is 23.4 Å². The summed E-state index contributed by atoms with van der Waals surface area (Å²) in [5.41, 5.74) is 0.725. The van der Waals surface area contributed by atoms with Crippen molar-refractivity contribution in [2.24, 2.45) is 0 Å². The maximum atomic E-state index is 12.2. The lowest BCUT2D eigenvalue weighted by molar-refractivity contribution is 0.463. The second kappa shape index (κ2) is 7.00. The van der Waals surface area contributed by atoms with Gasteiger partial charge in [-0.1, -0.05) is 23.4 Å². The van der Waals surface area contributed by atoms with E-state index in [9.17, 15) is 8.42 Å². The molecule has 0 spiro atoms. The van der Waals surface area contributed by atoms with Gasteiger partial charge in [-0.25, -0.2) is 8.42 Å². The first-order valence-electron chi connectivity index (χ1n) is 6.95. The van der Waals surface area contributed by atoms with Crippen LogP contribution in [0.2, 0.25) is 5.02 Å². The molecular formula is C15H13ClN2O4S2. The zero-order chi connectivity index (χ0) is 17.2. The highest BCUT2D eigenvalue weighted by molar-refractivity contribution is 8.00. The Hall–Kier alpha value is -1.77. The van der Waals surface area contributed by atoms with Gasteiger partial charge in [0, 0.05) is 10.8 Å². The van der Waals surface area contributed by atoms with E-state index in [1.165, 1.54) is 23.9 Å². The minimum absolute atomic E-state index is 0.0399. The van der Waals surface area contributed by atoms with Gasteiger partial charge >= 0.3 is 0 Å². The van der Waals surface area contributed by atoms with Crippen LogP contribution in [-0.2, 0) is 9.84 Å². The number of furan rings is 1. The number of halogens is 1. The van der Waals surface area contributed by atoms with Crippen LogP contribution in [0.1, 0.15) is 5.76 Å². The average molecular weight is 385 g/mol. The van der Waals surface area contributed by atoms with Crippen LogP contribution in [0.25, 0.3) is 11.5 Å². The minimum atomic E-state index is -3.37. The van der Waals surface area contributed by atoms with E-state index in [4.69, 9.17) is 20.4 Å². The molecule has 0 N–H and O–H groups in total. The second-order valence-corrected chi connectivity index (χ2v) is 8.48. The molecule has 0 aliphatic rings. The van der Waals surface area contributed by atoms with Gasteiger partial charge in [0.1, 0.15) is 5.76 Å². The van der Waals surface area contributed by atoms with Crippen molar-refractivity contribution in [3.63, 3.8) is 0 Å². The summed E-state index contributed by atoms with van der Waals surface area (Å²) < 4.78 is 35.2. The van der Waals surface area contributed by atoms with Crippen LogP contribution in [0, 0.1) is 6.92 Å². The molecule has 0 aliphatic carbocycles. The lowest BCUT2D eigenvalue weighted by atomic mass is 10.3. The van der Waals surface area contributed by atoms with Crippen LogP contribution in [0.3, 0.4) is 0 Å². The number of hydrogen-bond donors (Lipinski definition) is 0. The van der Waals surface area contributed by atoms with Gasteiger partial charge in [-0.2, -0.15) is 0 Å². The smallest absolute Gasteiger partial charge is 0.276 e. The van der Waals surface area contributed by atoms with Gasteiger partial charge in [0.2, 0.25) is 0 Å². The zero-order valence-corrected chi connectivity index (χ0v) is 15.0. The van der Waals surface area contributed by atoms with Crippen LogP contribution in [0.4, 0.5) is 0 Å². The first kappa shape index (κ1) is 17.1. The lowest BCUT2D eigenvalue weighted by Gasteiger charge is -2.03. The Morgan fingerprint density at radius 1 is 1.17 bits per heavy atom. The van der Waals surface area contributed by atoms with Crippen LogP contribution in [0.15, 0.2) is 55.5 Å². The highest BCUT2D eigenvalue weighted by Gasteiger charge is 2.17. The van der Waals surface area contributed by atoms with Gasteiger partial charge in [-0.15, -0.1) is 10.2 Å². The minimum Gasteiger partial charge on any atom is -0.469 e. The highest BCUT2D eigenvalue weighted by atomic mass is 35.5. The van der Waals surface area contributed by atoms with Crippen LogP contribution in [0.5, 0.6) is 0 Å². The Balaban J connectivity index is 1.61. The Bertz CT molecular complexity index is 933.